The van der Waals surface area contributed by atoms with Gasteiger partial charge in [0, 0.05) is 13.1 Å². The van der Waals surface area contributed by atoms with Crippen molar-refractivity contribution in [1.29, 1.82) is 0 Å². The maximum absolute atomic E-state index is 13.4. The Morgan fingerprint density at radius 1 is 1.14 bits per heavy atom. The van der Waals surface area contributed by atoms with Crippen LogP contribution in [0.4, 0.5) is 5.13 Å². The highest BCUT2D eigenvalue weighted by molar-refractivity contribution is 7.22. The Hall–Kier alpha value is -2.64. The smallest absolute Gasteiger partial charge is 0.273 e. The van der Waals surface area contributed by atoms with Crippen LogP contribution in [0.5, 0.6) is 11.5 Å². The predicted octanol–water partition coefficient (Wildman–Crippen LogP) is 3.65. The molecule has 1 aliphatic heterocycles. The zero-order chi connectivity index (χ0) is 20.5. The molecule has 2 heterocycles. The molecular weight excluding hydrogens is 386 g/mol. The van der Waals surface area contributed by atoms with Crippen molar-refractivity contribution in [2.45, 2.75) is 20.0 Å². The summed E-state index contributed by atoms with van der Waals surface area (Å²) in [6.45, 7) is 5.60. The second-order valence-electron chi connectivity index (χ2n) is 7.51. The Kier molecular flexibility index (Phi) is 5.43. The van der Waals surface area contributed by atoms with Crippen LogP contribution in [0, 0.1) is 13.8 Å². The highest BCUT2D eigenvalue weighted by Gasteiger charge is 2.33. The van der Waals surface area contributed by atoms with Gasteiger partial charge in [-0.25, -0.2) is 4.98 Å². The standard InChI is InChI=1S/C22H25N3O3S/c1-14-9-10-19-20(15(14)2)23-22(29-19)25(12-11-24(3)4)21(26)18-13-27-16-7-5-6-8-17(16)28-18/h5-10,18H,11-13H2,1-4H3/t18-/m0/s1. The van der Waals surface area contributed by atoms with Gasteiger partial charge in [-0.2, -0.15) is 0 Å². The fraction of sp³-hybridized carbons (Fsp3) is 0.364. The minimum Gasteiger partial charge on any atom is -0.485 e. The molecule has 4 rings (SSSR count). The summed E-state index contributed by atoms with van der Waals surface area (Å²) in [7, 11) is 3.98. The molecule has 152 valence electrons. The number of rotatable bonds is 5. The fourth-order valence-corrected chi connectivity index (χ4v) is 4.30. The van der Waals surface area contributed by atoms with Gasteiger partial charge >= 0.3 is 0 Å². The molecule has 6 nitrogen and oxygen atoms in total. The number of carbonyl (C=O) groups excluding carboxylic acids is 1. The molecule has 1 atom stereocenters. The number of likely N-dealkylation sites (N-methyl/N-ethyl adjacent to an activating group) is 1. The Morgan fingerprint density at radius 3 is 2.66 bits per heavy atom. The summed E-state index contributed by atoms with van der Waals surface area (Å²) >= 11 is 1.54. The van der Waals surface area contributed by atoms with Gasteiger partial charge in [0.2, 0.25) is 6.10 Å². The third-order valence-electron chi connectivity index (χ3n) is 5.13. The van der Waals surface area contributed by atoms with Gasteiger partial charge in [-0.3, -0.25) is 9.69 Å². The monoisotopic (exact) mass is 411 g/mol. The Bertz CT molecular complexity index is 1050. The largest absolute Gasteiger partial charge is 0.485 e. The second-order valence-corrected chi connectivity index (χ2v) is 8.52. The zero-order valence-electron chi connectivity index (χ0n) is 17.1. The van der Waals surface area contributed by atoms with Crippen molar-refractivity contribution in [1.82, 2.24) is 9.88 Å². The van der Waals surface area contributed by atoms with E-state index in [0.717, 1.165) is 22.3 Å². The van der Waals surface area contributed by atoms with Crippen LogP contribution < -0.4 is 14.4 Å². The number of nitrogens with zero attached hydrogens (tertiary/aromatic N) is 3. The molecule has 3 aromatic rings. The summed E-state index contributed by atoms with van der Waals surface area (Å²) in [5.41, 5.74) is 3.30. The molecule has 1 aromatic heterocycles. The molecule has 7 heteroatoms. The number of benzene rings is 2. The van der Waals surface area contributed by atoms with Crippen molar-refractivity contribution >= 4 is 32.6 Å². The van der Waals surface area contributed by atoms with Gasteiger partial charge in [-0.15, -0.1) is 0 Å². The minimum absolute atomic E-state index is 0.130. The second kappa shape index (κ2) is 8.00. The highest BCUT2D eigenvalue weighted by atomic mass is 32.1. The molecule has 0 bridgehead atoms. The molecule has 0 radical (unpaired) electrons. The molecule has 0 aliphatic carbocycles. The Balaban J connectivity index is 1.65. The van der Waals surface area contributed by atoms with Crippen LogP contribution in [0.1, 0.15) is 11.1 Å². The summed E-state index contributed by atoms with van der Waals surface area (Å²) in [6.07, 6.45) is -0.693. The highest BCUT2D eigenvalue weighted by Crippen LogP contribution is 2.34. The van der Waals surface area contributed by atoms with Gasteiger partial charge in [0.15, 0.2) is 16.6 Å². The van der Waals surface area contributed by atoms with Gasteiger partial charge in [0.05, 0.1) is 10.2 Å². The van der Waals surface area contributed by atoms with E-state index < -0.39 is 6.10 Å². The van der Waals surface area contributed by atoms with E-state index in [4.69, 9.17) is 14.5 Å². The van der Waals surface area contributed by atoms with Crippen LogP contribution in [0.15, 0.2) is 36.4 Å². The van der Waals surface area contributed by atoms with E-state index >= 15 is 0 Å². The number of fused-ring (bicyclic) bond motifs is 2. The normalized spacial score (nSPS) is 15.7. The number of para-hydroxylation sites is 2. The molecule has 0 saturated carbocycles. The fourth-order valence-electron chi connectivity index (χ4n) is 3.24. The van der Waals surface area contributed by atoms with Crippen molar-refractivity contribution in [3.05, 3.63) is 47.5 Å². The van der Waals surface area contributed by atoms with Crippen LogP contribution >= 0.6 is 11.3 Å². The number of ether oxygens (including phenoxy) is 2. The lowest BCUT2D eigenvalue weighted by Gasteiger charge is -2.30. The van der Waals surface area contributed by atoms with E-state index in [2.05, 4.69) is 30.9 Å². The number of aryl methyl sites for hydroxylation is 2. The molecule has 0 spiro atoms. The molecular formula is C22H25N3O3S. The molecule has 1 amide bonds. The SMILES string of the molecule is Cc1ccc2sc(N(CCN(C)C)C(=O)[C@@H]3COc4ccccc4O3)nc2c1C. The number of amides is 1. The lowest BCUT2D eigenvalue weighted by atomic mass is 10.1. The maximum Gasteiger partial charge on any atom is 0.273 e. The summed E-state index contributed by atoms with van der Waals surface area (Å²) in [5.74, 6) is 1.14. The molecule has 0 unspecified atom stereocenters. The first-order valence-corrected chi connectivity index (χ1v) is 10.5. The lowest BCUT2D eigenvalue weighted by Crippen LogP contribution is -2.48. The third kappa shape index (κ3) is 3.93. The predicted molar refractivity (Wildman–Crippen MR) is 116 cm³/mol. The van der Waals surface area contributed by atoms with Crippen LogP contribution in [0.25, 0.3) is 10.2 Å². The van der Waals surface area contributed by atoms with Crippen LogP contribution in [-0.2, 0) is 4.79 Å². The molecule has 1 aliphatic rings. The lowest BCUT2D eigenvalue weighted by molar-refractivity contribution is -0.127. The number of hydrogen-bond acceptors (Lipinski definition) is 6. The topological polar surface area (TPSA) is 54.9 Å². The average Bonchev–Trinajstić information content (AvgIpc) is 3.15. The molecule has 0 fully saturated rings. The summed E-state index contributed by atoms with van der Waals surface area (Å²) in [6, 6.07) is 11.6. The number of anilines is 1. The van der Waals surface area contributed by atoms with Gasteiger partial charge < -0.3 is 14.4 Å². The van der Waals surface area contributed by atoms with Crippen LogP contribution in [0.3, 0.4) is 0 Å². The van der Waals surface area contributed by atoms with E-state index in [-0.39, 0.29) is 12.5 Å². The maximum atomic E-state index is 13.4. The van der Waals surface area contributed by atoms with Gasteiger partial charge in [-0.1, -0.05) is 29.5 Å². The number of carbonyl (C=O) groups is 1. The first-order valence-electron chi connectivity index (χ1n) is 9.65. The van der Waals surface area contributed by atoms with Gasteiger partial charge in [0.1, 0.15) is 6.61 Å². The van der Waals surface area contributed by atoms with E-state index in [1.54, 1.807) is 4.90 Å². The molecule has 0 N–H and O–H groups in total. The Morgan fingerprint density at radius 2 is 1.90 bits per heavy atom. The van der Waals surface area contributed by atoms with Crippen molar-refractivity contribution < 1.29 is 14.3 Å². The van der Waals surface area contributed by atoms with Crippen LogP contribution in [0.2, 0.25) is 0 Å². The van der Waals surface area contributed by atoms with E-state index in [9.17, 15) is 4.79 Å². The van der Waals surface area contributed by atoms with Crippen LogP contribution in [-0.4, -0.2) is 55.7 Å². The van der Waals surface area contributed by atoms with Crippen molar-refractivity contribution in [3.63, 3.8) is 0 Å². The Labute approximate surface area is 174 Å². The third-order valence-corrected chi connectivity index (χ3v) is 6.17. The number of thiazole rings is 1. The van der Waals surface area contributed by atoms with E-state index in [1.807, 2.05) is 38.4 Å². The minimum atomic E-state index is -0.693. The van der Waals surface area contributed by atoms with Gasteiger partial charge in [0.25, 0.3) is 5.91 Å². The number of aromatic nitrogens is 1. The first kappa shape index (κ1) is 19.7. The molecule has 2 aromatic carbocycles. The van der Waals surface area contributed by atoms with Gasteiger partial charge in [-0.05, 0) is 57.3 Å². The first-order chi connectivity index (χ1) is 13.9. The quantitative estimate of drug-likeness (QED) is 0.642. The van der Waals surface area contributed by atoms with E-state index in [0.29, 0.717) is 23.2 Å². The van der Waals surface area contributed by atoms with E-state index in [1.165, 1.54) is 16.9 Å². The van der Waals surface area contributed by atoms with Crippen molar-refractivity contribution in [3.8, 4) is 11.5 Å². The van der Waals surface area contributed by atoms with Crippen molar-refractivity contribution in [2.24, 2.45) is 0 Å². The number of hydrogen-bond donors (Lipinski definition) is 0. The zero-order valence-corrected chi connectivity index (χ0v) is 18.0. The van der Waals surface area contributed by atoms with Crippen molar-refractivity contribution in [2.75, 3.05) is 38.7 Å². The molecule has 29 heavy (non-hydrogen) atoms. The summed E-state index contributed by atoms with van der Waals surface area (Å²) < 4.78 is 12.8. The molecule has 0 saturated heterocycles. The average molecular weight is 412 g/mol. The summed E-state index contributed by atoms with van der Waals surface area (Å²) in [5, 5.41) is 0.697. The summed E-state index contributed by atoms with van der Waals surface area (Å²) in [4.78, 5) is 22.0.